The predicted molar refractivity (Wildman–Crippen MR) is 80.0 cm³/mol. The van der Waals surface area contributed by atoms with Crippen LogP contribution in [0.4, 0.5) is 5.69 Å². The number of nitrogens with zero attached hydrogens (tertiary/aromatic N) is 2. The Balaban J connectivity index is 1.73. The summed E-state index contributed by atoms with van der Waals surface area (Å²) in [6, 6.07) is 8.75. The van der Waals surface area contributed by atoms with Gasteiger partial charge in [0, 0.05) is 30.9 Å². The molecule has 0 N–H and O–H groups in total. The monoisotopic (exact) mass is 336 g/mol. The summed E-state index contributed by atoms with van der Waals surface area (Å²) in [6.07, 6.45) is 3.36. The highest BCUT2D eigenvalue weighted by Crippen LogP contribution is 2.56. The van der Waals surface area contributed by atoms with E-state index in [0.29, 0.717) is 6.42 Å². The standard InChI is InChI=1S/C14H13N2O6P/c17-16(18)12-1-3-13(4-2-12)21-23(19)20-10-7-14(22-23)11-5-8-15-9-6-11/h1-6,8-9,14H,7,10H2/t14-,23?/m0/s1. The zero-order chi connectivity index (χ0) is 16.3. The van der Waals surface area contributed by atoms with Crippen LogP contribution in [0.25, 0.3) is 0 Å². The summed E-state index contributed by atoms with van der Waals surface area (Å²) in [6.45, 7) is 0.219. The molecule has 3 rings (SSSR count). The fraction of sp³-hybridized carbons (Fsp3) is 0.214. The second-order valence-corrected chi connectivity index (χ2v) is 6.33. The van der Waals surface area contributed by atoms with Gasteiger partial charge in [-0.2, -0.15) is 0 Å². The first-order valence-electron chi connectivity index (χ1n) is 6.83. The summed E-state index contributed by atoms with van der Waals surface area (Å²) >= 11 is 0. The van der Waals surface area contributed by atoms with Gasteiger partial charge < -0.3 is 4.52 Å². The van der Waals surface area contributed by atoms with Crippen molar-refractivity contribution in [2.45, 2.75) is 12.5 Å². The lowest BCUT2D eigenvalue weighted by Crippen LogP contribution is -2.16. The minimum Gasteiger partial charge on any atom is -0.404 e. The van der Waals surface area contributed by atoms with Crippen LogP contribution in [0.3, 0.4) is 0 Å². The van der Waals surface area contributed by atoms with Gasteiger partial charge in [-0.3, -0.25) is 24.1 Å². The van der Waals surface area contributed by atoms with E-state index in [9.17, 15) is 14.7 Å². The van der Waals surface area contributed by atoms with Crippen LogP contribution in [0.1, 0.15) is 18.1 Å². The maximum atomic E-state index is 12.6. The molecular weight excluding hydrogens is 323 g/mol. The molecule has 120 valence electrons. The lowest BCUT2D eigenvalue weighted by molar-refractivity contribution is -0.384. The van der Waals surface area contributed by atoms with Gasteiger partial charge in [-0.1, -0.05) is 0 Å². The highest BCUT2D eigenvalue weighted by molar-refractivity contribution is 7.49. The molecule has 0 amide bonds. The minimum atomic E-state index is -3.79. The Morgan fingerprint density at radius 2 is 1.91 bits per heavy atom. The normalized spacial score (nSPS) is 24.1. The van der Waals surface area contributed by atoms with Gasteiger partial charge in [0.25, 0.3) is 5.69 Å². The van der Waals surface area contributed by atoms with E-state index in [1.807, 2.05) is 0 Å². The smallest absolute Gasteiger partial charge is 0.404 e. The van der Waals surface area contributed by atoms with E-state index in [-0.39, 0.29) is 18.0 Å². The lowest BCUT2D eigenvalue weighted by atomic mass is 10.1. The molecule has 0 bridgehead atoms. The van der Waals surface area contributed by atoms with E-state index in [1.165, 1.54) is 24.3 Å². The van der Waals surface area contributed by atoms with Crippen molar-refractivity contribution in [3.8, 4) is 5.75 Å². The molecule has 1 unspecified atom stereocenters. The zero-order valence-corrected chi connectivity index (χ0v) is 12.8. The van der Waals surface area contributed by atoms with E-state index in [2.05, 4.69) is 4.98 Å². The van der Waals surface area contributed by atoms with Crippen molar-refractivity contribution in [2.24, 2.45) is 0 Å². The Kier molecular flexibility index (Phi) is 4.38. The van der Waals surface area contributed by atoms with Crippen LogP contribution in [0.15, 0.2) is 48.8 Å². The Morgan fingerprint density at radius 3 is 2.57 bits per heavy atom. The maximum Gasteiger partial charge on any atom is 0.530 e. The first-order valence-corrected chi connectivity index (χ1v) is 8.29. The van der Waals surface area contributed by atoms with Crippen LogP contribution in [0.2, 0.25) is 0 Å². The van der Waals surface area contributed by atoms with Gasteiger partial charge >= 0.3 is 7.82 Å². The third-order valence-corrected chi connectivity index (χ3v) is 4.67. The maximum absolute atomic E-state index is 12.6. The Hall–Kier alpha value is -2.28. The Morgan fingerprint density at radius 1 is 1.22 bits per heavy atom. The number of pyridine rings is 1. The summed E-state index contributed by atoms with van der Waals surface area (Å²) in [5, 5.41) is 10.6. The second-order valence-electron chi connectivity index (χ2n) is 4.79. The molecule has 23 heavy (non-hydrogen) atoms. The minimum absolute atomic E-state index is 0.0872. The number of rotatable bonds is 4. The molecule has 8 nitrogen and oxygen atoms in total. The molecule has 0 saturated carbocycles. The summed E-state index contributed by atoms with van der Waals surface area (Å²) < 4.78 is 28.5. The molecule has 0 radical (unpaired) electrons. The van der Waals surface area contributed by atoms with Crippen molar-refractivity contribution >= 4 is 13.5 Å². The van der Waals surface area contributed by atoms with Crippen molar-refractivity contribution in [3.63, 3.8) is 0 Å². The fourth-order valence-electron chi connectivity index (χ4n) is 2.12. The summed E-state index contributed by atoms with van der Waals surface area (Å²) in [5.41, 5.74) is 0.742. The van der Waals surface area contributed by atoms with E-state index in [1.54, 1.807) is 24.5 Å². The van der Waals surface area contributed by atoms with Crippen molar-refractivity contribution in [1.82, 2.24) is 4.98 Å². The molecule has 1 fully saturated rings. The van der Waals surface area contributed by atoms with Gasteiger partial charge in [-0.15, -0.1) is 0 Å². The van der Waals surface area contributed by atoms with Gasteiger partial charge in [0.1, 0.15) is 5.75 Å². The third-order valence-electron chi connectivity index (χ3n) is 3.23. The largest absolute Gasteiger partial charge is 0.530 e. The molecule has 2 atom stereocenters. The van der Waals surface area contributed by atoms with Crippen molar-refractivity contribution in [3.05, 3.63) is 64.5 Å². The number of nitro groups is 1. The number of nitro benzene ring substituents is 1. The number of benzene rings is 1. The number of phosphoric acid groups is 1. The number of aromatic nitrogens is 1. The molecular formula is C14H13N2O6P. The van der Waals surface area contributed by atoms with Crippen LogP contribution in [0, 0.1) is 10.1 Å². The molecule has 9 heteroatoms. The molecule has 1 aromatic heterocycles. The van der Waals surface area contributed by atoms with Crippen molar-refractivity contribution in [2.75, 3.05) is 6.61 Å². The topological polar surface area (TPSA) is 101 Å². The summed E-state index contributed by atoms with van der Waals surface area (Å²) in [5.74, 6) is 0.175. The van der Waals surface area contributed by atoms with E-state index in [4.69, 9.17) is 13.6 Å². The number of phosphoric ester groups is 1. The second kappa shape index (κ2) is 6.45. The Labute approximate surface area is 131 Å². The first kappa shape index (κ1) is 15.6. The van der Waals surface area contributed by atoms with Gasteiger partial charge in [0.2, 0.25) is 0 Å². The van der Waals surface area contributed by atoms with Crippen molar-refractivity contribution < 1.29 is 23.1 Å². The molecule has 1 aliphatic rings. The van der Waals surface area contributed by atoms with Gasteiger partial charge in [-0.05, 0) is 29.8 Å². The first-order chi connectivity index (χ1) is 11.1. The molecule has 1 aliphatic heterocycles. The SMILES string of the molecule is O=[N+]([O-])c1ccc(OP2(=O)OCC[C@@H](c3ccncc3)O2)cc1. The van der Waals surface area contributed by atoms with Gasteiger partial charge in [0.05, 0.1) is 17.6 Å². The average molecular weight is 336 g/mol. The molecule has 1 saturated heterocycles. The van der Waals surface area contributed by atoms with Crippen LogP contribution in [0.5, 0.6) is 5.75 Å². The number of hydrogen-bond acceptors (Lipinski definition) is 7. The fourth-order valence-corrected chi connectivity index (χ4v) is 3.53. The van der Waals surface area contributed by atoms with Crippen LogP contribution < -0.4 is 4.52 Å². The molecule has 0 aliphatic carbocycles. The van der Waals surface area contributed by atoms with E-state index < -0.39 is 18.8 Å². The number of hydrogen-bond donors (Lipinski definition) is 0. The quantitative estimate of drug-likeness (QED) is 0.477. The number of non-ortho nitro benzene ring substituents is 1. The van der Waals surface area contributed by atoms with Crippen molar-refractivity contribution in [1.29, 1.82) is 0 Å². The van der Waals surface area contributed by atoms with E-state index >= 15 is 0 Å². The summed E-state index contributed by atoms with van der Waals surface area (Å²) in [4.78, 5) is 14.0. The highest BCUT2D eigenvalue weighted by Gasteiger charge is 2.37. The third kappa shape index (κ3) is 3.73. The molecule has 2 aromatic rings. The van der Waals surface area contributed by atoms with Crippen LogP contribution in [-0.4, -0.2) is 16.5 Å². The Bertz CT molecular complexity index is 737. The molecule has 0 spiro atoms. The average Bonchev–Trinajstić information content (AvgIpc) is 2.56. The van der Waals surface area contributed by atoms with Gasteiger partial charge in [0.15, 0.2) is 0 Å². The van der Waals surface area contributed by atoms with Gasteiger partial charge in [-0.25, -0.2) is 4.57 Å². The lowest BCUT2D eigenvalue weighted by Gasteiger charge is -2.28. The van der Waals surface area contributed by atoms with Crippen LogP contribution in [-0.2, 0) is 13.6 Å². The van der Waals surface area contributed by atoms with Crippen LogP contribution >= 0.6 is 7.82 Å². The molecule has 2 heterocycles. The molecule has 1 aromatic carbocycles. The van der Waals surface area contributed by atoms with E-state index in [0.717, 1.165) is 5.56 Å². The summed E-state index contributed by atoms with van der Waals surface area (Å²) in [7, 11) is -3.79. The highest BCUT2D eigenvalue weighted by atomic mass is 31.2. The zero-order valence-electron chi connectivity index (χ0n) is 11.9. The predicted octanol–water partition coefficient (Wildman–Crippen LogP) is 3.65.